The quantitative estimate of drug-likeness (QED) is 0.609. The smallest absolute Gasteiger partial charge is 0.232 e. The van der Waals surface area contributed by atoms with Gasteiger partial charge < -0.3 is 10.6 Å². The van der Waals surface area contributed by atoms with E-state index in [0.717, 1.165) is 12.8 Å². The number of hydrogen-bond donors (Lipinski definition) is 2. The largest absolute Gasteiger partial charge is 0.354 e. The Kier molecular flexibility index (Phi) is 7.28. The van der Waals surface area contributed by atoms with Crippen molar-refractivity contribution in [1.82, 2.24) is 15.5 Å². The molecule has 1 aliphatic carbocycles. The van der Waals surface area contributed by atoms with Gasteiger partial charge in [-0.15, -0.1) is 11.8 Å². The number of thioether (sulfide) groups is 1. The Hall–Kier alpha value is -1.57. The van der Waals surface area contributed by atoms with E-state index in [2.05, 4.69) is 10.6 Å². The molecule has 7 nitrogen and oxygen atoms in total. The Morgan fingerprint density at radius 1 is 1.08 bits per heavy atom. The number of hydrogen-bond acceptors (Lipinski definition) is 5. The van der Waals surface area contributed by atoms with E-state index in [0.29, 0.717) is 12.5 Å². The fourth-order valence-electron chi connectivity index (χ4n) is 3.01. The monoisotopic (exact) mass is 369 g/mol. The van der Waals surface area contributed by atoms with Crippen LogP contribution in [0.2, 0.25) is 0 Å². The molecule has 25 heavy (non-hydrogen) atoms. The summed E-state index contributed by atoms with van der Waals surface area (Å²) in [4.78, 5) is 48.8. The van der Waals surface area contributed by atoms with Crippen molar-refractivity contribution in [2.24, 2.45) is 11.8 Å². The Morgan fingerprint density at radius 3 is 2.24 bits per heavy atom. The molecule has 0 aromatic carbocycles. The molecule has 0 bridgehead atoms. The molecule has 1 aliphatic heterocycles. The van der Waals surface area contributed by atoms with Gasteiger partial charge in [-0.2, -0.15) is 0 Å². The zero-order valence-electron chi connectivity index (χ0n) is 14.9. The normalized spacial score (nSPS) is 24.0. The maximum atomic E-state index is 12.1. The molecule has 0 aromatic rings. The molecule has 2 rings (SSSR count). The van der Waals surface area contributed by atoms with E-state index >= 15 is 0 Å². The lowest BCUT2D eigenvalue weighted by Crippen LogP contribution is -2.50. The average molecular weight is 369 g/mol. The molecule has 0 spiro atoms. The average Bonchev–Trinajstić information content (AvgIpc) is 2.52. The molecule has 4 amide bonds. The summed E-state index contributed by atoms with van der Waals surface area (Å²) in [6, 6.07) is 0.311. The predicted molar refractivity (Wildman–Crippen MR) is 95.8 cm³/mol. The first-order valence-electron chi connectivity index (χ1n) is 8.87. The van der Waals surface area contributed by atoms with Gasteiger partial charge in [0.05, 0.1) is 11.5 Å². The number of amides is 4. The molecular formula is C17H27N3O4S. The Morgan fingerprint density at radius 2 is 1.68 bits per heavy atom. The predicted octanol–water partition coefficient (Wildman–Crippen LogP) is 0.536. The molecule has 1 heterocycles. The number of nitrogens with one attached hydrogen (secondary N) is 2. The van der Waals surface area contributed by atoms with E-state index in [9.17, 15) is 19.2 Å². The van der Waals surface area contributed by atoms with Crippen LogP contribution in [0.25, 0.3) is 0 Å². The maximum absolute atomic E-state index is 12.1. The number of likely N-dealkylation sites (tertiary alicyclic amines) is 1. The molecule has 2 fully saturated rings. The number of rotatable bonds is 8. The van der Waals surface area contributed by atoms with Crippen LogP contribution in [0.4, 0.5) is 0 Å². The van der Waals surface area contributed by atoms with Crippen LogP contribution in [0.3, 0.4) is 0 Å². The van der Waals surface area contributed by atoms with Gasteiger partial charge in [-0.05, 0) is 25.7 Å². The highest BCUT2D eigenvalue weighted by Crippen LogP contribution is 2.23. The van der Waals surface area contributed by atoms with Crippen LogP contribution in [0, 0.1) is 11.8 Å². The van der Waals surface area contributed by atoms with E-state index in [1.807, 2.05) is 13.8 Å². The third kappa shape index (κ3) is 5.73. The first kappa shape index (κ1) is 19.8. The second-order valence-electron chi connectivity index (χ2n) is 6.90. The van der Waals surface area contributed by atoms with Gasteiger partial charge in [0.25, 0.3) is 0 Å². The minimum atomic E-state index is -0.195. The third-order valence-electron chi connectivity index (χ3n) is 4.68. The topological polar surface area (TPSA) is 95.6 Å². The van der Waals surface area contributed by atoms with Crippen molar-refractivity contribution in [3.05, 3.63) is 0 Å². The fourth-order valence-corrected chi connectivity index (χ4v) is 3.67. The van der Waals surface area contributed by atoms with Gasteiger partial charge in [0.15, 0.2) is 0 Å². The van der Waals surface area contributed by atoms with Gasteiger partial charge in [-0.25, -0.2) is 0 Å². The van der Waals surface area contributed by atoms with Gasteiger partial charge in [0.1, 0.15) is 0 Å². The van der Waals surface area contributed by atoms with Crippen molar-refractivity contribution in [2.75, 3.05) is 24.6 Å². The third-order valence-corrected chi connectivity index (χ3v) is 5.61. The summed E-state index contributed by atoms with van der Waals surface area (Å²) in [5.74, 6) is -0.427. The number of carbonyl (C=O) groups excluding carboxylic acids is 4. The zero-order valence-corrected chi connectivity index (χ0v) is 15.7. The molecular weight excluding hydrogens is 342 g/mol. The van der Waals surface area contributed by atoms with Crippen LogP contribution in [0.1, 0.15) is 39.5 Å². The van der Waals surface area contributed by atoms with Crippen LogP contribution in [0.15, 0.2) is 0 Å². The summed E-state index contributed by atoms with van der Waals surface area (Å²) in [5, 5.41) is 5.62. The van der Waals surface area contributed by atoms with Crippen LogP contribution >= 0.6 is 11.8 Å². The second-order valence-corrected chi connectivity index (χ2v) is 7.89. The summed E-state index contributed by atoms with van der Waals surface area (Å²) < 4.78 is 0. The first-order valence-corrected chi connectivity index (χ1v) is 10.0. The number of piperidine rings is 1. The van der Waals surface area contributed by atoms with E-state index in [1.165, 1.54) is 23.1 Å². The molecule has 0 aromatic heterocycles. The zero-order chi connectivity index (χ0) is 18.4. The number of carbonyl (C=O) groups is 4. The lowest BCUT2D eigenvalue weighted by atomic mass is 9.90. The molecule has 2 N–H and O–H groups in total. The lowest BCUT2D eigenvalue weighted by molar-refractivity contribution is -0.154. The van der Waals surface area contributed by atoms with E-state index in [1.54, 1.807) is 0 Å². The summed E-state index contributed by atoms with van der Waals surface area (Å²) >= 11 is 1.26. The van der Waals surface area contributed by atoms with E-state index in [-0.39, 0.29) is 60.1 Å². The number of nitrogens with zero attached hydrogens (tertiary/aromatic N) is 1. The Labute approximate surface area is 152 Å². The molecule has 0 unspecified atom stereocenters. The van der Waals surface area contributed by atoms with Gasteiger partial charge in [0, 0.05) is 31.0 Å². The van der Waals surface area contributed by atoms with Gasteiger partial charge in [-0.3, -0.25) is 24.1 Å². The van der Waals surface area contributed by atoms with Crippen LogP contribution in [-0.2, 0) is 19.2 Å². The van der Waals surface area contributed by atoms with Crippen LogP contribution < -0.4 is 10.6 Å². The van der Waals surface area contributed by atoms with Gasteiger partial charge in [0.2, 0.25) is 23.6 Å². The SMILES string of the molecule is C[C@@H]1C[C@H](C)C(=O)N(CCNC(=O)CSCC(=O)NC2CCC2)C1=O. The summed E-state index contributed by atoms with van der Waals surface area (Å²) in [7, 11) is 0. The van der Waals surface area contributed by atoms with Crippen molar-refractivity contribution in [3.8, 4) is 0 Å². The van der Waals surface area contributed by atoms with Crippen LogP contribution in [-0.4, -0.2) is 59.2 Å². The van der Waals surface area contributed by atoms with Crippen molar-refractivity contribution in [3.63, 3.8) is 0 Å². The standard InChI is InChI=1S/C17H27N3O4S/c1-11-8-12(2)17(24)20(16(11)23)7-6-18-14(21)9-25-10-15(22)19-13-4-3-5-13/h11-13H,3-10H2,1-2H3,(H,18,21)(H,19,22)/t11-,12+. The summed E-state index contributed by atoms with van der Waals surface area (Å²) in [6.07, 6.45) is 3.84. The van der Waals surface area contributed by atoms with Gasteiger partial charge in [-0.1, -0.05) is 13.8 Å². The highest BCUT2D eigenvalue weighted by Gasteiger charge is 2.35. The lowest BCUT2D eigenvalue weighted by Gasteiger charge is -2.32. The van der Waals surface area contributed by atoms with E-state index in [4.69, 9.17) is 0 Å². The molecule has 0 radical (unpaired) electrons. The highest BCUT2D eigenvalue weighted by molar-refractivity contribution is 8.00. The first-order chi connectivity index (χ1) is 11.9. The Bertz CT molecular complexity index is 516. The molecule has 1 saturated carbocycles. The minimum Gasteiger partial charge on any atom is -0.354 e. The second kappa shape index (κ2) is 9.22. The molecule has 1 saturated heterocycles. The number of imide groups is 1. The van der Waals surface area contributed by atoms with Crippen molar-refractivity contribution < 1.29 is 19.2 Å². The summed E-state index contributed by atoms with van der Waals surface area (Å²) in [5.41, 5.74) is 0. The fraction of sp³-hybridized carbons (Fsp3) is 0.765. The molecule has 8 heteroatoms. The van der Waals surface area contributed by atoms with Crippen molar-refractivity contribution in [1.29, 1.82) is 0 Å². The van der Waals surface area contributed by atoms with Crippen molar-refractivity contribution in [2.45, 2.75) is 45.6 Å². The van der Waals surface area contributed by atoms with Gasteiger partial charge >= 0.3 is 0 Å². The highest BCUT2D eigenvalue weighted by atomic mass is 32.2. The molecule has 2 aliphatic rings. The van der Waals surface area contributed by atoms with E-state index < -0.39 is 0 Å². The molecule has 140 valence electrons. The minimum absolute atomic E-state index is 0.0324. The van der Waals surface area contributed by atoms with Crippen molar-refractivity contribution >= 4 is 35.4 Å². The summed E-state index contributed by atoms with van der Waals surface area (Å²) in [6.45, 7) is 4.08. The Balaban J connectivity index is 1.60. The molecule has 2 atom stereocenters. The van der Waals surface area contributed by atoms with Crippen LogP contribution in [0.5, 0.6) is 0 Å². The maximum Gasteiger partial charge on any atom is 0.232 e.